The Morgan fingerprint density at radius 1 is 0.945 bits per heavy atom. The number of nitrogens with zero attached hydrogens (tertiary/aromatic N) is 4. The molecule has 1 saturated heterocycles. The highest BCUT2D eigenvalue weighted by Crippen LogP contribution is 2.46. The van der Waals surface area contributed by atoms with Crippen molar-refractivity contribution in [2.24, 2.45) is 0 Å². The largest absolute Gasteiger partial charge is 0.497 e. The van der Waals surface area contributed by atoms with Crippen molar-refractivity contribution in [3.05, 3.63) is 54.0 Å². The molecule has 3 heterocycles. The number of phosphoric acid groups is 1. The van der Waals surface area contributed by atoms with Crippen LogP contribution in [0, 0.1) is 11.3 Å². The van der Waals surface area contributed by atoms with Crippen LogP contribution < -0.4 is 10.5 Å². The SMILES string of the molecule is CCCCCCCCCCCCCCCCOC[C@H](COP(=O)(O)OC[C@H]1O[C@@](C#N)(c2ccc3c(N)ncnn23)[C@H](O)[C@@H]1O)OCc1ccc(OC)cc1. The van der Waals surface area contributed by atoms with Gasteiger partial charge in [-0.05, 0) is 36.2 Å². The van der Waals surface area contributed by atoms with Gasteiger partial charge in [-0.1, -0.05) is 103 Å². The number of aliphatic hydroxyl groups excluding tert-OH is 2. The highest BCUT2D eigenvalue weighted by molar-refractivity contribution is 7.47. The topological polar surface area (TPSA) is 213 Å². The monoisotopic (exact) mass is 789 g/mol. The number of rotatable bonds is 28. The number of benzene rings is 1. The minimum atomic E-state index is -4.73. The zero-order valence-corrected chi connectivity index (χ0v) is 33.2. The molecule has 55 heavy (non-hydrogen) atoms. The first kappa shape index (κ1) is 44.6. The van der Waals surface area contributed by atoms with Gasteiger partial charge in [-0.25, -0.2) is 14.1 Å². The highest BCUT2D eigenvalue weighted by Gasteiger charge is 2.58. The van der Waals surface area contributed by atoms with Gasteiger partial charge >= 0.3 is 7.82 Å². The third kappa shape index (κ3) is 13.5. The second-order valence-electron chi connectivity index (χ2n) is 14.1. The summed E-state index contributed by atoms with van der Waals surface area (Å²) >= 11 is 0. The summed E-state index contributed by atoms with van der Waals surface area (Å²) in [4.78, 5) is 14.5. The summed E-state index contributed by atoms with van der Waals surface area (Å²) in [6.07, 6.45) is 13.3. The molecule has 4 rings (SSSR count). The summed E-state index contributed by atoms with van der Waals surface area (Å²) in [6.45, 7) is 2.07. The third-order valence-electron chi connectivity index (χ3n) is 9.90. The van der Waals surface area contributed by atoms with E-state index in [1.165, 1.54) is 87.5 Å². The molecule has 1 aromatic carbocycles. The molecular weight excluding hydrogens is 729 g/mol. The van der Waals surface area contributed by atoms with Crippen molar-refractivity contribution in [3.8, 4) is 11.8 Å². The van der Waals surface area contributed by atoms with Crippen LogP contribution in [0.25, 0.3) is 5.52 Å². The van der Waals surface area contributed by atoms with Gasteiger partial charge in [-0.15, -0.1) is 0 Å². The Balaban J connectivity index is 1.21. The van der Waals surface area contributed by atoms with Crippen molar-refractivity contribution in [2.45, 2.75) is 133 Å². The normalized spacial score (nSPS) is 21.4. The van der Waals surface area contributed by atoms with Crippen molar-refractivity contribution < 1.29 is 47.7 Å². The molecule has 0 bridgehead atoms. The number of anilines is 1. The lowest BCUT2D eigenvalue weighted by Crippen LogP contribution is -2.41. The van der Waals surface area contributed by atoms with E-state index in [0.29, 0.717) is 17.9 Å². The van der Waals surface area contributed by atoms with Gasteiger partial charge in [0.15, 0.2) is 5.82 Å². The van der Waals surface area contributed by atoms with E-state index < -0.39 is 44.4 Å². The fraction of sp³-hybridized carbons (Fsp3) is 0.667. The first-order valence-electron chi connectivity index (χ1n) is 19.6. The van der Waals surface area contributed by atoms with Gasteiger partial charge in [0, 0.05) is 6.61 Å². The Morgan fingerprint density at radius 2 is 1.58 bits per heavy atom. The van der Waals surface area contributed by atoms with E-state index in [1.54, 1.807) is 13.2 Å². The van der Waals surface area contributed by atoms with Gasteiger partial charge in [0.05, 0.1) is 39.2 Å². The summed E-state index contributed by atoms with van der Waals surface area (Å²) in [6, 6.07) is 12.3. The second kappa shape index (κ2) is 23.2. The number of phosphoric ester groups is 1. The molecular formula is C39H60N5O10P. The molecule has 1 aliphatic heterocycles. The fourth-order valence-corrected chi connectivity index (χ4v) is 7.39. The highest BCUT2D eigenvalue weighted by atomic mass is 31.2. The number of nitriles is 1. The molecule has 3 aromatic rings. The Hall–Kier alpha value is -3.16. The maximum Gasteiger partial charge on any atom is 0.472 e. The van der Waals surface area contributed by atoms with Crippen LogP contribution in [-0.2, 0) is 40.0 Å². The predicted molar refractivity (Wildman–Crippen MR) is 206 cm³/mol. The number of nitrogens with two attached hydrogens (primary N) is 1. The molecule has 306 valence electrons. The Morgan fingerprint density at radius 3 is 2.20 bits per heavy atom. The van der Waals surface area contributed by atoms with Crippen molar-refractivity contribution in [1.82, 2.24) is 14.6 Å². The van der Waals surface area contributed by atoms with Crippen LogP contribution in [0.5, 0.6) is 5.75 Å². The number of hydrogen-bond donors (Lipinski definition) is 4. The molecule has 15 nitrogen and oxygen atoms in total. The van der Waals surface area contributed by atoms with Crippen LogP contribution in [-0.4, -0.2) is 87.7 Å². The number of nitrogen functional groups attached to an aromatic ring is 1. The lowest BCUT2D eigenvalue weighted by molar-refractivity contribution is -0.0690. The van der Waals surface area contributed by atoms with Gasteiger partial charge < -0.3 is 39.8 Å². The third-order valence-corrected chi connectivity index (χ3v) is 10.9. The first-order valence-corrected chi connectivity index (χ1v) is 21.1. The molecule has 5 N–H and O–H groups in total. The summed E-state index contributed by atoms with van der Waals surface area (Å²) in [5.74, 6) is 0.835. The second-order valence-corrected chi connectivity index (χ2v) is 15.6. The van der Waals surface area contributed by atoms with E-state index in [-0.39, 0.29) is 31.3 Å². The zero-order chi connectivity index (χ0) is 39.5. The van der Waals surface area contributed by atoms with Gasteiger partial charge in [0.1, 0.15) is 48.1 Å². The number of unbranched alkanes of at least 4 members (excludes halogenated alkanes) is 13. The minimum Gasteiger partial charge on any atom is -0.497 e. The molecule has 0 radical (unpaired) electrons. The molecule has 1 aliphatic rings. The average molecular weight is 790 g/mol. The van der Waals surface area contributed by atoms with Crippen molar-refractivity contribution in [3.63, 3.8) is 0 Å². The molecule has 0 saturated carbocycles. The molecule has 1 fully saturated rings. The maximum absolute atomic E-state index is 13.0. The van der Waals surface area contributed by atoms with Crippen LogP contribution in [0.2, 0.25) is 0 Å². The van der Waals surface area contributed by atoms with Gasteiger partial charge in [0.2, 0.25) is 5.60 Å². The Kier molecular flexibility index (Phi) is 18.8. The smallest absolute Gasteiger partial charge is 0.472 e. The van der Waals surface area contributed by atoms with E-state index in [2.05, 4.69) is 17.0 Å². The first-order chi connectivity index (χ1) is 26.6. The van der Waals surface area contributed by atoms with Crippen LogP contribution in [0.15, 0.2) is 42.7 Å². The summed E-state index contributed by atoms with van der Waals surface area (Å²) in [5.41, 5.74) is 5.12. The van der Waals surface area contributed by atoms with Gasteiger partial charge in [0.25, 0.3) is 0 Å². The lowest BCUT2D eigenvalue weighted by atomic mass is 9.92. The molecule has 2 aromatic heterocycles. The standard InChI is InChI=1S/C39H60N5O10P/c1-3-4-5-6-7-8-9-10-11-12-13-14-15-16-23-50-25-32(51-24-30-17-19-31(49-2)20-18-30)26-52-55(47,48)53-27-34-36(45)37(46)39(28-40,54-34)35-22-21-33-38(41)42-29-43-44(33)35/h17-22,29,32,34,36-37,45-46H,3-16,23-27H2,1-2H3,(H,47,48)(H2,41,42,43)/t32-,34-,36-,37-,39+/m1/s1. The fourth-order valence-electron chi connectivity index (χ4n) is 6.63. The van der Waals surface area contributed by atoms with Gasteiger partial charge in [-0.2, -0.15) is 10.4 Å². The number of methoxy groups -OCH3 is 1. The van der Waals surface area contributed by atoms with E-state index in [1.807, 2.05) is 30.3 Å². The maximum atomic E-state index is 13.0. The molecule has 6 atom stereocenters. The van der Waals surface area contributed by atoms with E-state index in [0.717, 1.165) is 24.8 Å². The van der Waals surface area contributed by atoms with Crippen LogP contribution in [0.4, 0.5) is 5.82 Å². The van der Waals surface area contributed by atoms with E-state index in [4.69, 9.17) is 33.7 Å². The van der Waals surface area contributed by atoms with Crippen LogP contribution in [0.1, 0.15) is 108 Å². The molecule has 0 aliphatic carbocycles. The predicted octanol–water partition coefficient (Wildman–Crippen LogP) is 6.38. The molecule has 16 heteroatoms. The van der Waals surface area contributed by atoms with Crippen LogP contribution >= 0.6 is 7.82 Å². The lowest BCUT2D eigenvalue weighted by Gasteiger charge is -2.24. The average Bonchev–Trinajstić information content (AvgIpc) is 3.74. The van der Waals surface area contributed by atoms with Crippen molar-refractivity contribution in [1.29, 1.82) is 5.26 Å². The molecule has 0 amide bonds. The van der Waals surface area contributed by atoms with Crippen LogP contribution in [0.3, 0.4) is 0 Å². The minimum absolute atomic E-state index is 0.0857. The van der Waals surface area contributed by atoms with E-state index >= 15 is 0 Å². The number of aromatic nitrogens is 3. The van der Waals surface area contributed by atoms with Gasteiger partial charge in [-0.3, -0.25) is 9.05 Å². The van der Waals surface area contributed by atoms with E-state index in [9.17, 15) is 24.9 Å². The molecule has 0 spiro atoms. The zero-order valence-electron chi connectivity index (χ0n) is 32.3. The summed E-state index contributed by atoms with van der Waals surface area (Å²) < 4.78 is 47.8. The number of ether oxygens (including phenoxy) is 4. The quantitative estimate of drug-likeness (QED) is 0.0465. The Bertz CT molecular complexity index is 1640. The van der Waals surface area contributed by atoms with Crippen molar-refractivity contribution in [2.75, 3.05) is 39.3 Å². The van der Waals surface area contributed by atoms with Crippen molar-refractivity contribution >= 4 is 19.2 Å². The Labute approximate surface area is 324 Å². The number of aliphatic hydroxyl groups is 2. The number of hydrogen-bond acceptors (Lipinski definition) is 13. The summed E-state index contributed by atoms with van der Waals surface area (Å²) in [5, 5.41) is 36.0. The molecule has 1 unspecified atom stereocenters. The summed E-state index contributed by atoms with van der Waals surface area (Å²) in [7, 11) is -3.15. The number of fused-ring (bicyclic) bond motifs is 1.